The fraction of sp³-hybridized carbons (Fsp3) is 0.667. The molecule has 0 aromatic carbocycles. The third kappa shape index (κ3) is 5.28. The second-order valence-electron chi connectivity index (χ2n) is 9.50. The number of likely N-dealkylation sites (N-methyl/N-ethyl adjacent to an activating group) is 1. The van der Waals surface area contributed by atoms with E-state index in [1.165, 1.54) is 24.3 Å². The molecule has 0 aliphatic heterocycles. The molecular weight excluding hydrogens is 406 g/mol. The Morgan fingerprint density at radius 1 is 1.22 bits per heavy atom. The lowest BCUT2D eigenvalue weighted by Crippen LogP contribution is -2.43. The van der Waals surface area contributed by atoms with Crippen LogP contribution in [0, 0.1) is 12.8 Å². The van der Waals surface area contributed by atoms with Crippen molar-refractivity contribution in [3.8, 4) is 5.75 Å². The lowest BCUT2D eigenvalue weighted by atomic mass is 9.98. The highest BCUT2D eigenvalue weighted by molar-refractivity contribution is 5.70. The number of ether oxygens (including phenoxy) is 2. The van der Waals surface area contributed by atoms with Gasteiger partial charge < -0.3 is 25.1 Å². The van der Waals surface area contributed by atoms with Crippen LogP contribution in [-0.2, 0) is 4.74 Å². The van der Waals surface area contributed by atoms with Crippen LogP contribution in [0.2, 0.25) is 0 Å². The zero-order chi connectivity index (χ0) is 23.5. The zero-order valence-corrected chi connectivity index (χ0v) is 20.2. The summed E-state index contributed by atoms with van der Waals surface area (Å²) in [5.41, 5.74) is 8.53. The van der Waals surface area contributed by atoms with Crippen molar-refractivity contribution in [2.45, 2.75) is 77.4 Å². The molecule has 2 aliphatic rings. The van der Waals surface area contributed by atoms with E-state index in [-0.39, 0.29) is 24.3 Å². The van der Waals surface area contributed by atoms with Crippen molar-refractivity contribution in [3.05, 3.63) is 29.2 Å². The molecule has 3 rings (SSSR count). The third-order valence-corrected chi connectivity index (χ3v) is 7.01. The molecule has 32 heavy (non-hydrogen) atoms. The fourth-order valence-electron chi connectivity index (χ4n) is 4.54. The number of hydrogen-bond donors (Lipinski definition) is 2. The van der Waals surface area contributed by atoms with Gasteiger partial charge in [-0.2, -0.15) is 0 Å². The van der Waals surface area contributed by atoms with E-state index in [0.29, 0.717) is 23.0 Å². The molecule has 1 heterocycles. The van der Waals surface area contributed by atoms with E-state index in [1.807, 2.05) is 19.1 Å². The summed E-state index contributed by atoms with van der Waals surface area (Å²) < 4.78 is 11.7. The standard InChI is InChI=1S/C24H39N5O3/c1-16(2)24(13-14-24)28(4)23(30)31-15-20(29(5)26)22(25)19-11-12-21(17(3)27-19)32-18-9-7-6-8-10-18/h11-12,16,18H,6-10,13-15,25-26H2,1-5H3/b22-20-. The number of aromatic nitrogens is 1. The smallest absolute Gasteiger partial charge is 0.410 e. The molecule has 1 aromatic rings. The number of carbonyl (C=O) groups excluding carboxylic acids is 1. The summed E-state index contributed by atoms with van der Waals surface area (Å²) in [7, 11) is 3.47. The second-order valence-corrected chi connectivity index (χ2v) is 9.50. The maximum absolute atomic E-state index is 12.7. The van der Waals surface area contributed by atoms with Gasteiger partial charge >= 0.3 is 6.09 Å². The Morgan fingerprint density at radius 3 is 2.41 bits per heavy atom. The highest BCUT2D eigenvalue weighted by Crippen LogP contribution is 2.47. The summed E-state index contributed by atoms with van der Waals surface area (Å²) in [6.07, 6.45) is 7.76. The first-order valence-corrected chi connectivity index (χ1v) is 11.7. The Balaban J connectivity index is 1.70. The van der Waals surface area contributed by atoms with Crippen LogP contribution in [0.3, 0.4) is 0 Å². The lowest BCUT2D eigenvalue weighted by Gasteiger charge is -2.31. The number of aryl methyl sites for hydroxylation is 1. The normalized spacial score (nSPS) is 18.7. The van der Waals surface area contributed by atoms with Crippen molar-refractivity contribution in [2.75, 3.05) is 20.7 Å². The number of amides is 1. The van der Waals surface area contributed by atoms with E-state index in [1.54, 1.807) is 19.0 Å². The van der Waals surface area contributed by atoms with Crippen molar-refractivity contribution in [3.63, 3.8) is 0 Å². The van der Waals surface area contributed by atoms with Crippen LogP contribution >= 0.6 is 0 Å². The van der Waals surface area contributed by atoms with E-state index >= 15 is 0 Å². The summed E-state index contributed by atoms with van der Waals surface area (Å²) in [6.45, 7) is 6.14. The monoisotopic (exact) mass is 445 g/mol. The van der Waals surface area contributed by atoms with Crippen molar-refractivity contribution in [1.29, 1.82) is 0 Å². The van der Waals surface area contributed by atoms with Crippen LogP contribution in [0.1, 0.15) is 70.2 Å². The Hall–Kier alpha value is -2.48. The fourth-order valence-corrected chi connectivity index (χ4v) is 4.54. The minimum Gasteiger partial charge on any atom is -0.489 e. The van der Waals surface area contributed by atoms with Gasteiger partial charge in [-0.25, -0.2) is 15.6 Å². The molecule has 8 nitrogen and oxygen atoms in total. The molecule has 8 heteroatoms. The minimum atomic E-state index is -0.372. The number of carbonyl (C=O) groups is 1. The molecule has 1 amide bonds. The Labute approximate surface area is 191 Å². The van der Waals surface area contributed by atoms with Crippen LogP contribution in [0.15, 0.2) is 17.8 Å². The van der Waals surface area contributed by atoms with Gasteiger partial charge in [0.25, 0.3) is 0 Å². The third-order valence-electron chi connectivity index (χ3n) is 7.01. The van der Waals surface area contributed by atoms with Gasteiger partial charge in [0.05, 0.1) is 28.9 Å². The molecule has 0 unspecified atom stereocenters. The highest BCUT2D eigenvalue weighted by atomic mass is 16.6. The van der Waals surface area contributed by atoms with Gasteiger partial charge in [0.2, 0.25) is 0 Å². The average molecular weight is 446 g/mol. The van der Waals surface area contributed by atoms with Gasteiger partial charge in [0, 0.05) is 19.6 Å². The average Bonchev–Trinajstić information content (AvgIpc) is 3.57. The quantitative estimate of drug-likeness (QED) is 0.463. The van der Waals surface area contributed by atoms with Gasteiger partial charge in [-0.05, 0) is 63.5 Å². The summed E-state index contributed by atoms with van der Waals surface area (Å²) in [4.78, 5) is 19.0. The molecule has 0 saturated heterocycles. The maximum Gasteiger partial charge on any atom is 0.410 e. The molecular formula is C24H39N5O3. The van der Waals surface area contributed by atoms with Gasteiger partial charge in [-0.1, -0.05) is 20.3 Å². The molecule has 0 radical (unpaired) electrons. The number of hydrogen-bond acceptors (Lipinski definition) is 7. The van der Waals surface area contributed by atoms with Crippen molar-refractivity contribution in [2.24, 2.45) is 17.5 Å². The lowest BCUT2D eigenvalue weighted by molar-refractivity contribution is 0.0831. The molecule has 2 fully saturated rings. The molecule has 1 aromatic heterocycles. The Morgan fingerprint density at radius 2 is 1.88 bits per heavy atom. The topological polar surface area (TPSA) is 107 Å². The van der Waals surface area contributed by atoms with Crippen LogP contribution < -0.4 is 16.3 Å². The Bertz CT molecular complexity index is 842. The molecule has 2 saturated carbocycles. The van der Waals surface area contributed by atoms with Crippen LogP contribution in [0.4, 0.5) is 4.79 Å². The second kappa shape index (κ2) is 9.98. The number of nitrogens with zero attached hydrogens (tertiary/aromatic N) is 3. The van der Waals surface area contributed by atoms with Crippen molar-refractivity contribution < 1.29 is 14.3 Å². The predicted octanol–water partition coefficient (Wildman–Crippen LogP) is 3.79. The van der Waals surface area contributed by atoms with Gasteiger partial charge in [-0.3, -0.25) is 0 Å². The van der Waals surface area contributed by atoms with E-state index < -0.39 is 0 Å². The van der Waals surface area contributed by atoms with Crippen molar-refractivity contribution >= 4 is 11.8 Å². The summed E-state index contributed by atoms with van der Waals surface area (Å²) in [5.74, 6) is 7.17. The predicted molar refractivity (Wildman–Crippen MR) is 125 cm³/mol. The van der Waals surface area contributed by atoms with Crippen molar-refractivity contribution in [1.82, 2.24) is 14.9 Å². The minimum absolute atomic E-state index is 0.0305. The van der Waals surface area contributed by atoms with E-state index in [2.05, 4.69) is 18.8 Å². The number of hydrazine groups is 1. The first kappa shape index (κ1) is 24.2. The molecule has 0 bridgehead atoms. The summed E-state index contributed by atoms with van der Waals surface area (Å²) in [5, 5.41) is 1.38. The van der Waals surface area contributed by atoms with Gasteiger partial charge in [0.1, 0.15) is 12.4 Å². The van der Waals surface area contributed by atoms with Gasteiger partial charge in [0.15, 0.2) is 0 Å². The largest absolute Gasteiger partial charge is 0.489 e. The summed E-state index contributed by atoms with van der Waals surface area (Å²) >= 11 is 0. The molecule has 4 N–H and O–H groups in total. The van der Waals surface area contributed by atoms with Crippen LogP contribution in [0.5, 0.6) is 5.75 Å². The number of nitrogens with two attached hydrogens (primary N) is 2. The first-order valence-electron chi connectivity index (χ1n) is 11.7. The van der Waals surface area contributed by atoms with E-state index in [4.69, 9.17) is 21.1 Å². The zero-order valence-electron chi connectivity index (χ0n) is 20.2. The van der Waals surface area contributed by atoms with Gasteiger partial charge in [-0.15, -0.1) is 0 Å². The maximum atomic E-state index is 12.7. The SMILES string of the molecule is Cc1nc(/C(N)=C(\COC(=O)N(C)C2(C(C)C)CC2)N(C)N)ccc1OC1CCCCC1. The molecule has 2 aliphatic carbocycles. The first-order chi connectivity index (χ1) is 15.2. The number of pyridine rings is 1. The van der Waals surface area contributed by atoms with E-state index in [9.17, 15) is 4.79 Å². The molecule has 178 valence electrons. The number of rotatable bonds is 8. The van der Waals surface area contributed by atoms with E-state index in [0.717, 1.165) is 37.1 Å². The molecule has 0 atom stereocenters. The van der Waals surface area contributed by atoms with Crippen LogP contribution in [0.25, 0.3) is 5.70 Å². The Kier molecular flexibility index (Phi) is 7.54. The highest BCUT2D eigenvalue weighted by Gasteiger charge is 2.51. The van der Waals surface area contributed by atoms with Crippen LogP contribution in [-0.4, -0.2) is 53.3 Å². The summed E-state index contributed by atoms with van der Waals surface area (Å²) in [6, 6.07) is 3.74. The molecule has 0 spiro atoms.